The molecule has 2 N–H and O–H groups in total. The van der Waals surface area contributed by atoms with Crippen LogP contribution in [0, 0.1) is 23.7 Å². The molecule has 0 spiro atoms. The van der Waals surface area contributed by atoms with E-state index in [1.165, 1.54) is 7.11 Å². The van der Waals surface area contributed by atoms with Gasteiger partial charge in [0.05, 0.1) is 5.41 Å². The molecule has 110 valence electrons. The summed E-state index contributed by atoms with van der Waals surface area (Å²) in [5.74, 6) is -1.24. The molecule has 1 amide bonds. The first-order valence-corrected chi connectivity index (χ1v) is 6.54. The molecular formula is C14H24NO4-. The number of amides is 1. The Morgan fingerprint density at radius 2 is 2.05 bits per heavy atom. The minimum absolute atomic E-state index is 0.110. The molecule has 0 radical (unpaired) electrons. The molecule has 3 atom stereocenters. The highest BCUT2D eigenvalue weighted by molar-refractivity contribution is 5.83. The van der Waals surface area contributed by atoms with Crippen LogP contribution in [0.4, 0.5) is 0 Å². The first kappa shape index (κ1) is 16.0. The van der Waals surface area contributed by atoms with Gasteiger partial charge in [0.25, 0.3) is 0 Å². The highest BCUT2D eigenvalue weighted by Crippen LogP contribution is 2.56. The van der Waals surface area contributed by atoms with E-state index in [0.29, 0.717) is 19.4 Å². The minimum atomic E-state index is -0.861. The lowest BCUT2D eigenvalue weighted by molar-refractivity contribution is -0.155. The van der Waals surface area contributed by atoms with Crippen LogP contribution < -0.4 is 5.32 Å². The standard InChI is InChI=1S/C14H24NO4/c1-9(19-5)8-15-11(16)10-6-7-14(4,12(17)18)13(10,2)3/h9-10H,1,6-8H2,2-5H3,(H,15,16)(H,17,18)/q-1/t9-,10+,14+/m1/s1. The van der Waals surface area contributed by atoms with Crippen LogP contribution in [0.3, 0.4) is 0 Å². The van der Waals surface area contributed by atoms with Gasteiger partial charge in [-0.15, -0.1) is 0 Å². The molecule has 1 rings (SSSR count). The van der Waals surface area contributed by atoms with Crippen molar-refractivity contribution < 1.29 is 19.4 Å². The molecule has 0 unspecified atom stereocenters. The maximum atomic E-state index is 12.2. The van der Waals surface area contributed by atoms with Gasteiger partial charge in [0.2, 0.25) is 5.91 Å². The summed E-state index contributed by atoms with van der Waals surface area (Å²) in [5.41, 5.74) is -1.44. The van der Waals surface area contributed by atoms with Crippen LogP contribution >= 0.6 is 0 Å². The van der Waals surface area contributed by atoms with Gasteiger partial charge in [0, 0.05) is 19.6 Å². The number of carboxylic acids is 1. The molecule has 0 bridgehead atoms. The predicted molar refractivity (Wildman–Crippen MR) is 71.4 cm³/mol. The van der Waals surface area contributed by atoms with Gasteiger partial charge in [-0.1, -0.05) is 13.8 Å². The zero-order chi connectivity index (χ0) is 14.8. The predicted octanol–water partition coefficient (Wildman–Crippen LogP) is 1.48. The van der Waals surface area contributed by atoms with Crippen molar-refractivity contribution >= 4 is 11.9 Å². The Labute approximate surface area is 114 Å². The van der Waals surface area contributed by atoms with Crippen LogP contribution in [-0.4, -0.2) is 36.7 Å². The van der Waals surface area contributed by atoms with E-state index in [0.717, 1.165) is 0 Å². The number of carboxylic acid groups (broad SMARTS) is 1. The molecule has 0 saturated heterocycles. The van der Waals surface area contributed by atoms with Gasteiger partial charge < -0.3 is 22.1 Å². The van der Waals surface area contributed by atoms with Gasteiger partial charge in [0.15, 0.2) is 0 Å². The van der Waals surface area contributed by atoms with E-state index in [-0.39, 0.29) is 17.9 Å². The number of hydrogen-bond acceptors (Lipinski definition) is 3. The summed E-state index contributed by atoms with van der Waals surface area (Å²) in [5, 5.41) is 12.2. The zero-order valence-corrected chi connectivity index (χ0v) is 12.2. The van der Waals surface area contributed by atoms with Gasteiger partial charge in [-0.3, -0.25) is 9.59 Å². The van der Waals surface area contributed by atoms with E-state index in [9.17, 15) is 14.7 Å². The first-order valence-electron chi connectivity index (χ1n) is 6.54. The van der Waals surface area contributed by atoms with Crippen molar-refractivity contribution in [2.24, 2.45) is 16.7 Å². The molecule has 0 aromatic heterocycles. The SMILES string of the molecule is [CH2-][C@H](CNC(=O)[C@@H]1CC[C@@](C)(C(=O)O)C1(C)C)OC. The number of carbonyl (C=O) groups excluding carboxylic acids is 1. The number of ether oxygens (including phenoxy) is 1. The molecule has 1 aliphatic rings. The van der Waals surface area contributed by atoms with Crippen molar-refractivity contribution in [3.8, 4) is 0 Å². The van der Waals surface area contributed by atoms with Gasteiger partial charge >= 0.3 is 5.97 Å². The Kier molecular flexibility index (Phi) is 4.61. The van der Waals surface area contributed by atoms with Crippen LogP contribution in [-0.2, 0) is 14.3 Å². The van der Waals surface area contributed by atoms with Crippen LogP contribution in [0.15, 0.2) is 0 Å². The van der Waals surface area contributed by atoms with Crippen molar-refractivity contribution in [3.63, 3.8) is 0 Å². The lowest BCUT2D eigenvalue weighted by Gasteiger charge is -2.38. The monoisotopic (exact) mass is 270 g/mol. The molecule has 1 fully saturated rings. The zero-order valence-electron chi connectivity index (χ0n) is 12.2. The number of nitrogens with one attached hydrogen (secondary N) is 1. The summed E-state index contributed by atoms with van der Waals surface area (Å²) in [6.45, 7) is 9.50. The summed E-state index contributed by atoms with van der Waals surface area (Å²) < 4.78 is 4.97. The molecule has 19 heavy (non-hydrogen) atoms. The lowest BCUT2D eigenvalue weighted by atomic mass is 9.65. The highest BCUT2D eigenvalue weighted by atomic mass is 16.5. The van der Waals surface area contributed by atoms with Gasteiger partial charge in [0.1, 0.15) is 0 Å². The average Bonchev–Trinajstić information content (AvgIpc) is 2.58. The Bertz CT molecular complexity index is 366. The van der Waals surface area contributed by atoms with Gasteiger partial charge in [-0.25, -0.2) is 0 Å². The number of aliphatic carboxylic acids is 1. The van der Waals surface area contributed by atoms with Crippen LogP contribution in [0.2, 0.25) is 0 Å². The van der Waals surface area contributed by atoms with Crippen molar-refractivity contribution in [2.45, 2.75) is 39.7 Å². The molecule has 5 heteroatoms. The van der Waals surface area contributed by atoms with Crippen molar-refractivity contribution in [2.75, 3.05) is 13.7 Å². The fourth-order valence-corrected chi connectivity index (χ4v) is 2.76. The summed E-state index contributed by atoms with van der Waals surface area (Å²) in [6.07, 6.45) is 0.821. The van der Waals surface area contributed by atoms with Gasteiger partial charge in [-0.05, 0) is 31.3 Å². The van der Waals surface area contributed by atoms with Crippen LogP contribution in [0.1, 0.15) is 33.6 Å². The van der Waals surface area contributed by atoms with E-state index in [1.54, 1.807) is 6.92 Å². The Hall–Kier alpha value is -1.10. The smallest absolute Gasteiger partial charge is 0.309 e. The average molecular weight is 270 g/mol. The number of carbonyl (C=O) groups is 2. The molecule has 0 aromatic carbocycles. The van der Waals surface area contributed by atoms with Crippen LogP contribution in [0.5, 0.6) is 0 Å². The third-order valence-electron chi connectivity index (χ3n) is 4.85. The van der Waals surface area contributed by atoms with E-state index < -0.39 is 16.8 Å². The third kappa shape index (κ3) is 2.76. The summed E-state index contributed by atoms with van der Waals surface area (Å²) in [7, 11) is 1.53. The van der Waals surface area contributed by atoms with E-state index in [1.807, 2.05) is 13.8 Å². The maximum Gasteiger partial charge on any atom is 0.309 e. The minimum Gasteiger partial charge on any atom is -0.481 e. The fraction of sp³-hybridized carbons (Fsp3) is 0.786. The molecule has 0 aliphatic heterocycles. The second-order valence-corrected chi connectivity index (χ2v) is 6.05. The number of hydrogen-bond donors (Lipinski definition) is 2. The second-order valence-electron chi connectivity index (χ2n) is 6.05. The normalized spacial score (nSPS) is 30.9. The fourth-order valence-electron chi connectivity index (χ4n) is 2.76. The van der Waals surface area contributed by atoms with Crippen molar-refractivity contribution in [3.05, 3.63) is 6.92 Å². The van der Waals surface area contributed by atoms with Crippen molar-refractivity contribution in [1.82, 2.24) is 5.32 Å². The maximum absolute atomic E-state index is 12.2. The van der Waals surface area contributed by atoms with E-state index in [2.05, 4.69) is 12.2 Å². The molecule has 1 aliphatic carbocycles. The molecule has 0 heterocycles. The Balaban J connectivity index is 2.76. The number of methoxy groups -OCH3 is 1. The molecule has 5 nitrogen and oxygen atoms in total. The Morgan fingerprint density at radius 3 is 2.47 bits per heavy atom. The topological polar surface area (TPSA) is 75.6 Å². The van der Waals surface area contributed by atoms with Crippen molar-refractivity contribution in [1.29, 1.82) is 0 Å². The molecular weight excluding hydrogens is 246 g/mol. The Morgan fingerprint density at radius 1 is 1.47 bits per heavy atom. The quantitative estimate of drug-likeness (QED) is 0.742. The largest absolute Gasteiger partial charge is 0.481 e. The van der Waals surface area contributed by atoms with E-state index >= 15 is 0 Å². The highest BCUT2D eigenvalue weighted by Gasteiger charge is 2.58. The second kappa shape index (κ2) is 5.49. The number of rotatable bonds is 5. The first-order chi connectivity index (χ1) is 8.66. The molecule has 1 saturated carbocycles. The summed E-state index contributed by atoms with van der Waals surface area (Å²) >= 11 is 0. The van der Waals surface area contributed by atoms with Crippen LogP contribution in [0.25, 0.3) is 0 Å². The van der Waals surface area contributed by atoms with E-state index in [4.69, 9.17) is 4.74 Å². The summed E-state index contributed by atoms with van der Waals surface area (Å²) in [6, 6.07) is 0. The summed E-state index contributed by atoms with van der Waals surface area (Å²) in [4.78, 5) is 23.7. The van der Waals surface area contributed by atoms with Gasteiger partial charge in [-0.2, -0.15) is 0 Å². The lowest BCUT2D eigenvalue weighted by Crippen LogP contribution is -2.46. The molecule has 0 aromatic rings. The third-order valence-corrected chi connectivity index (χ3v) is 4.85.